The topological polar surface area (TPSA) is 50.4 Å². The van der Waals surface area contributed by atoms with E-state index in [0.717, 1.165) is 22.1 Å². The maximum absolute atomic E-state index is 11.1. The van der Waals surface area contributed by atoms with Crippen molar-refractivity contribution in [3.63, 3.8) is 0 Å². The van der Waals surface area contributed by atoms with Crippen LogP contribution in [-0.2, 0) is 10.2 Å². The Balaban J connectivity index is 2.59. The number of furan rings is 1. The van der Waals surface area contributed by atoms with Gasteiger partial charge in [-0.15, -0.1) is 0 Å². The number of hydrogen-bond acceptors (Lipinski definition) is 2. The number of hydrogen-bond donors (Lipinski definition) is 1. The van der Waals surface area contributed by atoms with E-state index in [1.54, 1.807) is 26.2 Å². The fraction of sp³-hybridized carbons (Fsp3) is 0.308. The maximum atomic E-state index is 11.1. The lowest BCUT2D eigenvalue weighted by atomic mass is 9.84. The van der Waals surface area contributed by atoms with Crippen LogP contribution in [0.2, 0.25) is 0 Å². The van der Waals surface area contributed by atoms with E-state index in [1.807, 2.05) is 19.1 Å². The second-order valence-corrected chi connectivity index (χ2v) is 4.56. The van der Waals surface area contributed by atoms with Crippen LogP contribution >= 0.6 is 0 Å². The van der Waals surface area contributed by atoms with E-state index < -0.39 is 11.4 Å². The van der Waals surface area contributed by atoms with Crippen LogP contribution < -0.4 is 0 Å². The van der Waals surface area contributed by atoms with Gasteiger partial charge in [-0.05, 0) is 38.0 Å². The average Bonchev–Trinajstić information content (AvgIpc) is 2.60. The molecule has 0 unspecified atom stereocenters. The smallest absolute Gasteiger partial charge is 0.313 e. The molecule has 0 saturated heterocycles. The van der Waals surface area contributed by atoms with Crippen molar-refractivity contribution in [2.24, 2.45) is 0 Å². The van der Waals surface area contributed by atoms with Crippen LogP contribution in [0.1, 0.15) is 25.0 Å². The minimum absolute atomic E-state index is 0.740. The molecule has 0 saturated carbocycles. The van der Waals surface area contributed by atoms with Gasteiger partial charge in [0.25, 0.3) is 0 Å². The summed E-state index contributed by atoms with van der Waals surface area (Å²) in [5.74, 6) is -0.838. The molecule has 0 fully saturated rings. The molecule has 3 nitrogen and oxygen atoms in total. The number of rotatable bonds is 2. The Morgan fingerprint density at radius 2 is 2.06 bits per heavy atom. The molecule has 0 spiro atoms. The third-order valence-electron chi connectivity index (χ3n) is 3.03. The first-order valence-corrected chi connectivity index (χ1v) is 5.14. The van der Waals surface area contributed by atoms with Gasteiger partial charge in [-0.1, -0.05) is 12.1 Å². The molecular weight excluding hydrogens is 204 g/mol. The van der Waals surface area contributed by atoms with Gasteiger partial charge in [0, 0.05) is 5.39 Å². The lowest BCUT2D eigenvalue weighted by molar-refractivity contribution is -0.142. The van der Waals surface area contributed by atoms with Crippen LogP contribution in [-0.4, -0.2) is 11.1 Å². The zero-order valence-electron chi connectivity index (χ0n) is 9.57. The second-order valence-electron chi connectivity index (χ2n) is 4.56. The van der Waals surface area contributed by atoms with Gasteiger partial charge < -0.3 is 9.52 Å². The molecule has 1 N–H and O–H groups in total. The van der Waals surface area contributed by atoms with Crippen molar-refractivity contribution in [1.82, 2.24) is 0 Å². The first kappa shape index (κ1) is 10.7. The molecule has 3 heteroatoms. The summed E-state index contributed by atoms with van der Waals surface area (Å²) in [5.41, 5.74) is 1.66. The number of benzene rings is 1. The van der Waals surface area contributed by atoms with Gasteiger partial charge >= 0.3 is 5.97 Å². The summed E-state index contributed by atoms with van der Waals surface area (Å²) in [6, 6.07) is 5.56. The Labute approximate surface area is 93.7 Å². The number of fused-ring (bicyclic) bond motifs is 1. The van der Waals surface area contributed by atoms with Crippen molar-refractivity contribution in [1.29, 1.82) is 0 Å². The summed E-state index contributed by atoms with van der Waals surface area (Å²) < 4.78 is 5.37. The van der Waals surface area contributed by atoms with Gasteiger partial charge in [-0.2, -0.15) is 0 Å². The fourth-order valence-electron chi connectivity index (χ4n) is 1.67. The van der Waals surface area contributed by atoms with Gasteiger partial charge in [-0.3, -0.25) is 4.79 Å². The van der Waals surface area contributed by atoms with Crippen LogP contribution in [0.15, 0.2) is 28.9 Å². The Morgan fingerprint density at radius 1 is 1.38 bits per heavy atom. The fourth-order valence-corrected chi connectivity index (χ4v) is 1.67. The minimum atomic E-state index is -0.894. The first-order valence-electron chi connectivity index (χ1n) is 5.14. The molecule has 0 amide bonds. The summed E-state index contributed by atoms with van der Waals surface area (Å²) >= 11 is 0. The van der Waals surface area contributed by atoms with Crippen molar-refractivity contribution in [3.8, 4) is 0 Å². The largest absolute Gasteiger partial charge is 0.481 e. The van der Waals surface area contributed by atoms with E-state index in [2.05, 4.69) is 0 Å². The van der Waals surface area contributed by atoms with Gasteiger partial charge in [0.15, 0.2) is 0 Å². The number of carboxylic acid groups (broad SMARTS) is 1. The summed E-state index contributed by atoms with van der Waals surface area (Å²) in [6.07, 6.45) is 1.68. The van der Waals surface area contributed by atoms with Gasteiger partial charge in [0.1, 0.15) is 5.58 Å². The second kappa shape index (κ2) is 3.37. The lowest BCUT2D eigenvalue weighted by Crippen LogP contribution is -2.28. The van der Waals surface area contributed by atoms with Gasteiger partial charge in [0.2, 0.25) is 0 Å². The molecule has 2 aromatic rings. The molecule has 0 aliphatic carbocycles. The summed E-state index contributed by atoms with van der Waals surface area (Å²) in [7, 11) is 0. The van der Waals surface area contributed by atoms with Crippen LogP contribution in [0.4, 0.5) is 0 Å². The molecular formula is C13H14O3. The Morgan fingerprint density at radius 3 is 2.69 bits per heavy atom. The van der Waals surface area contributed by atoms with Crippen LogP contribution in [0.3, 0.4) is 0 Å². The highest BCUT2D eigenvalue weighted by Crippen LogP contribution is 2.28. The summed E-state index contributed by atoms with van der Waals surface area (Å²) in [6.45, 7) is 5.34. The molecule has 1 heterocycles. The normalized spacial score (nSPS) is 11.9. The van der Waals surface area contributed by atoms with E-state index in [4.69, 9.17) is 9.52 Å². The van der Waals surface area contributed by atoms with Crippen molar-refractivity contribution < 1.29 is 14.3 Å². The van der Waals surface area contributed by atoms with Crippen molar-refractivity contribution >= 4 is 16.9 Å². The molecule has 1 aromatic heterocycles. The summed E-state index contributed by atoms with van der Waals surface area (Å²) in [4.78, 5) is 11.1. The van der Waals surface area contributed by atoms with Crippen LogP contribution in [0.25, 0.3) is 11.0 Å². The number of carbonyl (C=O) groups is 1. The molecule has 0 radical (unpaired) electrons. The predicted octanol–water partition coefficient (Wildman–Crippen LogP) is 3.10. The standard InChI is InChI=1S/C13H14O3/c1-8-7-16-11-6-9(4-5-10(8)11)13(2,3)12(14)15/h4-7H,1-3H3,(H,14,15). The zero-order valence-corrected chi connectivity index (χ0v) is 9.57. The highest BCUT2D eigenvalue weighted by atomic mass is 16.4. The van der Waals surface area contributed by atoms with Crippen LogP contribution in [0.5, 0.6) is 0 Å². The van der Waals surface area contributed by atoms with Gasteiger partial charge in [0.05, 0.1) is 11.7 Å². The summed E-state index contributed by atoms with van der Waals surface area (Å²) in [5, 5.41) is 10.2. The first-order chi connectivity index (χ1) is 7.43. The Kier molecular flexibility index (Phi) is 2.26. The number of aliphatic carboxylic acids is 1. The van der Waals surface area contributed by atoms with Crippen molar-refractivity contribution in [2.45, 2.75) is 26.2 Å². The molecule has 0 bridgehead atoms. The quantitative estimate of drug-likeness (QED) is 0.842. The highest BCUT2D eigenvalue weighted by Gasteiger charge is 2.29. The molecule has 2 rings (SSSR count). The minimum Gasteiger partial charge on any atom is -0.481 e. The van der Waals surface area contributed by atoms with E-state index >= 15 is 0 Å². The van der Waals surface area contributed by atoms with E-state index in [1.165, 1.54) is 0 Å². The molecule has 84 valence electrons. The average molecular weight is 218 g/mol. The number of aryl methyl sites for hydroxylation is 1. The zero-order chi connectivity index (χ0) is 11.9. The van der Waals surface area contributed by atoms with E-state index in [-0.39, 0.29) is 0 Å². The highest BCUT2D eigenvalue weighted by molar-refractivity contribution is 5.85. The number of carboxylic acids is 1. The Hall–Kier alpha value is -1.77. The molecule has 0 aliphatic heterocycles. The predicted molar refractivity (Wildman–Crippen MR) is 61.6 cm³/mol. The van der Waals surface area contributed by atoms with Gasteiger partial charge in [-0.25, -0.2) is 0 Å². The molecule has 0 atom stereocenters. The van der Waals surface area contributed by atoms with Crippen LogP contribution in [0, 0.1) is 6.92 Å². The monoisotopic (exact) mass is 218 g/mol. The SMILES string of the molecule is Cc1coc2cc(C(C)(C)C(=O)O)ccc12. The third kappa shape index (κ3) is 1.48. The Bertz CT molecular complexity index is 549. The maximum Gasteiger partial charge on any atom is 0.313 e. The molecule has 0 aliphatic rings. The third-order valence-corrected chi connectivity index (χ3v) is 3.03. The molecule has 16 heavy (non-hydrogen) atoms. The lowest BCUT2D eigenvalue weighted by Gasteiger charge is -2.19. The molecule has 1 aromatic carbocycles. The van der Waals surface area contributed by atoms with Crippen molar-refractivity contribution in [2.75, 3.05) is 0 Å². The van der Waals surface area contributed by atoms with E-state index in [9.17, 15) is 4.79 Å². The van der Waals surface area contributed by atoms with E-state index in [0.29, 0.717) is 0 Å². The van der Waals surface area contributed by atoms with Crippen molar-refractivity contribution in [3.05, 3.63) is 35.6 Å².